The molecule has 1 aliphatic heterocycles. The highest BCUT2D eigenvalue weighted by Crippen LogP contribution is 2.21. The van der Waals surface area contributed by atoms with Crippen molar-refractivity contribution in [1.82, 2.24) is 4.90 Å². The minimum atomic E-state index is 0.00574. The van der Waals surface area contributed by atoms with E-state index in [1.807, 2.05) is 30.0 Å². The van der Waals surface area contributed by atoms with Crippen LogP contribution in [0.2, 0.25) is 0 Å². The summed E-state index contributed by atoms with van der Waals surface area (Å²) in [6, 6.07) is 5.61. The molecule has 1 atom stereocenters. The molecule has 1 amide bonds. The van der Waals surface area contributed by atoms with Gasteiger partial charge in [-0.15, -0.1) is 0 Å². The van der Waals surface area contributed by atoms with Gasteiger partial charge in [-0.1, -0.05) is 11.6 Å². The monoisotopic (exact) mass is 249 g/mol. The maximum atomic E-state index is 12.4. The number of ether oxygens (including phenoxy) is 1. The number of nitrogens with one attached hydrogen (secondary N) is 1. The number of likely N-dealkylation sites (tertiary alicyclic amines) is 1. The minimum absolute atomic E-state index is 0.00574. The van der Waals surface area contributed by atoms with Crippen LogP contribution >= 0.6 is 0 Å². The maximum absolute atomic E-state index is 12.4. The number of nitrogen functional groups attached to an aromatic ring is 1. The normalized spacial score (nSPS) is 19.1. The van der Waals surface area contributed by atoms with Gasteiger partial charge >= 0.3 is 0 Å². The number of nitrogens with zero attached hydrogens (tertiary/aromatic N) is 1. The summed E-state index contributed by atoms with van der Waals surface area (Å²) in [7, 11) is 1.68. The number of amides is 1. The van der Waals surface area contributed by atoms with Crippen molar-refractivity contribution in [3.05, 3.63) is 29.3 Å². The van der Waals surface area contributed by atoms with E-state index in [9.17, 15) is 4.79 Å². The lowest BCUT2D eigenvalue weighted by Gasteiger charge is -2.18. The highest BCUT2D eigenvalue weighted by molar-refractivity contribution is 5.99. The Balaban J connectivity index is 2.21. The van der Waals surface area contributed by atoms with Gasteiger partial charge in [-0.25, -0.2) is 0 Å². The Morgan fingerprint density at radius 3 is 2.94 bits per heavy atom. The van der Waals surface area contributed by atoms with Crippen LogP contribution in [-0.4, -0.2) is 37.1 Å². The Labute approximate surface area is 107 Å². The van der Waals surface area contributed by atoms with Crippen molar-refractivity contribution >= 4 is 11.6 Å². The quantitative estimate of drug-likeness (QED) is 0.622. The highest BCUT2D eigenvalue weighted by Gasteiger charge is 2.27. The van der Waals surface area contributed by atoms with Crippen LogP contribution < -0.4 is 11.3 Å². The van der Waals surface area contributed by atoms with Crippen LogP contribution in [0, 0.1) is 6.92 Å². The summed E-state index contributed by atoms with van der Waals surface area (Å²) in [6.45, 7) is 3.33. The first-order chi connectivity index (χ1) is 8.65. The third kappa shape index (κ3) is 2.47. The molecule has 1 unspecified atom stereocenters. The van der Waals surface area contributed by atoms with Crippen LogP contribution in [0.4, 0.5) is 5.69 Å². The minimum Gasteiger partial charge on any atom is -0.380 e. The topological polar surface area (TPSA) is 67.6 Å². The molecule has 18 heavy (non-hydrogen) atoms. The van der Waals surface area contributed by atoms with Gasteiger partial charge in [-0.3, -0.25) is 10.6 Å². The van der Waals surface area contributed by atoms with Gasteiger partial charge in [0.1, 0.15) is 0 Å². The first-order valence-corrected chi connectivity index (χ1v) is 6.05. The van der Waals surface area contributed by atoms with Gasteiger partial charge in [-0.05, 0) is 25.5 Å². The van der Waals surface area contributed by atoms with Crippen molar-refractivity contribution in [3.8, 4) is 0 Å². The molecule has 0 bridgehead atoms. The average Bonchev–Trinajstić information content (AvgIpc) is 2.86. The largest absolute Gasteiger partial charge is 0.380 e. The number of aryl methyl sites for hydroxylation is 1. The fraction of sp³-hybridized carbons (Fsp3) is 0.462. The summed E-state index contributed by atoms with van der Waals surface area (Å²) in [4.78, 5) is 14.2. The van der Waals surface area contributed by atoms with Crippen LogP contribution in [0.5, 0.6) is 0 Å². The molecule has 0 spiro atoms. The van der Waals surface area contributed by atoms with Crippen LogP contribution in [0.3, 0.4) is 0 Å². The second-order valence-corrected chi connectivity index (χ2v) is 4.59. The number of anilines is 1. The predicted molar refractivity (Wildman–Crippen MR) is 70.3 cm³/mol. The summed E-state index contributed by atoms with van der Waals surface area (Å²) in [6.07, 6.45) is 1.03. The van der Waals surface area contributed by atoms with Crippen molar-refractivity contribution in [2.75, 3.05) is 25.6 Å². The van der Waals surface area contributed by atoms with E-state index >= 15 is 0 Å². The summed E-state index contributed by atoms with van der Waals surface area (Å²) in [5.41, 5.74) is 4.89. The van der Waals surface area contributed by atoms with Crippen molar-refractivity contribution < 1.29 is 9.53 Å². The van der Waals surface area contributed by atoms with Gasteiger partial charge in [0, 0.05) is 20.2 Å². The number of benzene rings is 1. The van der Waals surface area contributed by atoms with Gasteiger partial charge in [0.15, 0.2) is 0 Å². The molecule has 0 aromatic heterocycles. The van der Waals surface area contributed by atoms with E-state index in [0.717, 1.165) is 18.5 Å². The fourth-order valence-electron chi connectivity index (χ4n) is 2.24. The van der Waals surface area contributed by atoms with Crippen LogP contribution in [0.15, 0.2) is 18.2 Å². The summed E-state index contributed by atoms with van der Waals surface area (Å²) in [5, 5.41) is 0. The summed E-state index contributed by atoms with van der Waals surface area (Å²) >= 11 is 0. The molecular formula is C13H19N3O2. The Morgan fingerprint density at radius 2 is 2.33 bits per heavy atom. The first-order valence-electron chi connectivity index (χ1n) is 6.05. The van der Waals surface area contributed by atoms with Gasteiger partial charge in [0.05, 0.1) is 17.4 Å². The van der Waals surface area contributed by atoms with E-state index in [1.54, 1.807) is 7.11 Å². The van der Waals surface area contributed by atoms with E-state index in [4.69, 9.17) is 10.6 Å². The van der Waals surface area contributed by atoms with Crippen molar-refractivity contribution in [1.29, 1.82) is 0 Å². The SMILES string of the molecule is COC1CCN(C(=O)c2cc(C)ccc2NN)C1. The maximum Gasteiger partial charge on any atom is 0.256 e. The molecule has 1 saturated heterocycles. The standard InChI is InChI=1S/C13H19N3O2/c1-9-3-4-12(15-14)11(7-9)13(17)16-6-5-10(8-16)18-2/h3-4,7,10,15H,5-6,8,14H2,1-2H3. The molecule has 0 radical (unpaired) electrons. The number of nitrogens with two attached hydrogens (primary N) is 1. The molecule has 1 aliphatic rings. The number of rotatable bonds is 3. The average molecular weight is 249 g/mol. The van der Waals surface area contributed by atoms with Gasteiger partial charge in [-0.2, -0.15) is 0 Å². The molecule has 5 heteroatoms. The number of carbonyl (C=O) groups is 1. The number of methoxy groups -OCH3 is 1. The smallest absolute Gasteiger partial charge is 0.256 e. The van der Waals surface area contributed by atoms with Crippen LogP contribution in [-0.2, 0) is 4.74 Å². The Bertz CT molecular complexity index is 448. The Kier molecular flexibility index (Phi) is 3.84. The Morgan fingerprint density at radius 1 is 1.56 bits per heavy atom. The molecule has 5 nitrogen and oxygen atoms in total. The summed E-state index contributed by atoms with van der Waals surface area (Å²) in [5.74, 6) is 5.45. The first kappa shape index (κ1) is 12.9. The van der Waals surface area contributed by atoms with E-state index in [2.05, 4.69) is 5.43 Å². The zero-order valence-electron chi connectivity index (χ0n) is 10.8. The number of hydrogen-bond donors (Lipinski definition) is 2. The molecular weight excluding hydrogens is 230 g/mol. The lowest BCUT2D eigenvalue weighted by atomic mass is 10.1. The third-order valence-electron chi connectivity index (χ3n) is 3.33. The lowest BCUT2D eigenvalue weighted by molar-refractivity contribution is 0.0725. The second kappa shape index (κ2) is 5.37. The van der Waals surface area contributed by atoms with Crippen LogP contribution in [0.25, 0.3) is 0 Å². The second-order valence-electron chi connectivity index (χ2n) is 4.59. The number of carbonyl (C=O) groups excluding carboxylic acids is 1. The zero-order chi connectivity index (χ0) is 13.1. The molecule has 3 N–H and O–H groups in total. The van der Waals surface area contributed by atoms with Crippen molar-refractivity contribution in [2.45, 2.75) is 19.4 Å². The molecule has 1 fully saturated rings. The molecule has 2 rings (SSSR count). The van der Waals surface area contributed by atoms with E-state index < -0.39 is 0 Å². The molecule has 98 valence electrons. The van der Waals surface area contributed by atoms with Gasteiger partial charge in [0.2, 0.25) is 0 Å². The summed E-state index contributed by atoms with van der Waals surface area (Å²) < 4.78 is 5.27. The molecule has 1 aromatic carbocycles. The molecule has 1 aromatic rings. The van der Waals surface area contributed by atoms with Gasteiger partial charge < -0.3 is 15.1 Å². The zero-order valence-corrected chi connectivity index (χ0v) is 10.8. The van der Waals surface area contributed by atoms with E-state index in [0.29, 0.717) is 17.8 Å². The molecule has 0 saturated carbocycles. The molecule has 1 heterocycles. The predicted octanol–water partition coefficient (Wildman–Crippen LogP) is 1.14. The molecule has 0 aliphatic carbocycles. The van der Waals surface area contributed by atoms with Crippen molar-refractivity contribution in [2.24, 2.45) is 5.84 Å². The van der Waals surface area contributed by atoms with Crippen LogP contribution in [0.1, 0.15) is 22.3 Å². The Hall–Kier alpha value is -1.59. The number of hydrazine groups is 1. The van der Waals surface area contributed by atoms with Gasteiger partial charge in [0.25, 0.3) is 5.91 Å². The van der Waals surface area contributed by atoms with E-state index in [1.165, 1.54) is 0 Å². The van der Waals surface area contributed by atoms with Crippen molar-refractivity contribution in [3.63, 3.8) is 0 Å². The third-order valence-corrected chi connectivity index (χ3v) is 3.33. The highest BCUT2D eigenvalue weighted by atomic mass is 16.5. The van der Waals surface area contributed by atoms with E-state index in [-0.39, 0.29) is 12.0 Å². The fourth-order valence-corrected chi connectivity index (χ4v) is 2.24. The lowest BCUT2D eigenvalue weighted by Crippen LogP contribution is -2.31. The number of hydrogen-bond acceptors (Lipinski definition) is 4.